The van der Waals surface area contributed by atoms with Gasteiger partial charge in [0.1, 0.15) is 5.69 Å². The standard InChI is InChI=1S/C9H11ClN6/c1-5-3-6(2)16(15-5)7-4-8(12-11)13-14-9(7)10/h3-4H,11H2,1-2H3,(H,12,13). The van der Waals surface area contributed by atoms with Crippen LogP contribution in [0.25, 0.3) is 5.69 Å². The van der Waals surface area contributed by atoms with E-state index < -0.39 is 0 Å². The number of nitrogens with one attached hydrogen (secondary N) is 1. The number of hydrogen-bond acceptors (Lipinski definition) is 5. The van der Waals surface area contributed by atoms with Crippen LogP contribution >= 0.6 is 11.6 Å². The van der Waals surface area contributed by atoms with Gasteiger partial charge in [0.25, 0.3) is 0 Å². The van der Waals surface area contributed by atoms with Crippen molar-refractivity contribution in [3.05, 3.63) is 28.7 Å². The van der Waals surface area contributed by atoms with Gasteiger partial charge in [0.2, 0.25) is 0 Å². The Morgan fingerprint density at radius 2 is 2.06 bits per heavy atom. The van der Waals surface area contributed by atoms with Crippen molar-refractivity contribution in [2.75, 3.05) is 5.43 Å². The zero-order chi connectivity index (χ0) is 11.7. The molecule has 0 amide bonds. The van der Waals surface area contributed by atoms with Crippen LogP contribution < -0.4 is 11.3 Å². The van der Waals surface area contributed by atoms with Crippen LogP contribution in [0.15, 0.2) is 12.1 Å². The van der Waals surface area contributed by atoms with Crippen molar-refractivity contribution in [1.82, 2.24) is 20.0 Å². The predicted octanol–water partition coefficient (Wildman–Crippen LogP) is 1.22. The number of hydrazine groups is 1. The number of hydrogen-bond donors (Lipinski definition) is 2. The van der Waals surface area contributed by atoms with Gasteiger partial charge < -0.3 is 5.43 Å². The van der Waals surface area contributed by atoms with Crippen LogP contribution in [0.1, 0.15) is 11.4 Å². The molecule has 0 bridgehead atoms. The largest absolute Gasteiger partial charge is 0.307 e. The van der Waals surface area contributed by atoms with Gasteiger partial charge in [-0.15, -0.1) is 10.2 Å². The molecule has 0 aromatic carbocycles. The summed E-state index contributed by atoms with van der Waals surface area (Å²) in [6.45, 7) is 3.85. The van der Waals surface area contributed by atoms with Crippen molar-refractivity contribution in [2.45, 2.75) is 13.8 Å². The third-order valence-electron chi connectivity index (χ3n) is 2.12. The second kappa shape index (κ2) is 4.07. The van der Waals surface area contributed by atoms with E-state index in [-0.39, 0.29) is 5.15 Å². The molecule has 2 aromatic heterocycles. The second-order valence-electron chi connectivity index (χ2n) is 3.39. The smallest absolute Gasteiger partial charge is 0.177 e. The van der Waals surface area contributed by atoms with E-state index in [1.807, 2.05) is 19.9 Å². The number of halogens is 1. The van der Waals surface area contributed by atoms with Gasteiger partial charge in [-0.3, -0.25) is 0 Å². The molecular weight excluding hydrogens is 228 g/mol. The monoisotopic (exact) mass is 238 g/mol. The summed E-state index contributed by atoms with van der Waals surface area (Å²) in [6.07, 6.45) is 0. The van der Waals surface area contributed by atoms with E-state index in [4.69, 9.17) is 17.4 Å². The summed E-state index contributed by atoms with van der Waals surface area (Å²) in [4.78, 5) is 0. The average Bonchev–Trinajstić information content (AvgIpc) is 2.58. The lowest BCUT2D eigenvalue weighted by atomic mass is 10.4. The highest BCUT2D eigenvalue weighted by molar-refractivity contribution is 6.31. The third-order valence-corrected chi connectivity index (χ3v) is 2.39. The van der Waals surface area contributed by atoms with Crippen LogP contribution in [-0.4, -0.2) is 20.0 Å². The topological polar surface area (TPSA) is 81.7 Å². The molecule has 0 spiro atoms. The Morgan fingerprint density at radius 3 is 2.62 bits per heavy atom. The Morgan fingerprint density at radius 1 is 1.31 bits per heavy atom. The van der Waals surface area contributed by atoms with E-state index >= 15 is 0 Å². The number of anilines is 1. The summed E-state index contributed by atoms with van der Waals surface area (Å²) in [5, 5.41) is 12.1. The van der Waals surface area contributed by atoms with Crippen molar-refractivity contribution in [3.8, 4) is 5.69 Å². The molecule has 0 saturated heterocycles. The molecular formula is C9H11ClN6. The van der Waals surface area contributed by atoms with Crippen molar-refractivity contribution >= 4 is 17.4 Å². The average molecular weight is 239 g/mol. The van der Waals surface area contributed by atoms with Crippen LogP contribution in [0.4, 0.5) is 5.82 Å². The van der Waals surface area contributed by atoms with Crippen molar-refractivity contribution < 1.29 is 0 Å². The minimum absolute atomic E-state index is 0.283. The minimum Gasteiger partial charge on any atom is -0.307 e. The minimum atomic E-state index is 0.283. The van der Waals surface area contributed by atoms with Crippen LogP contribution in [0.2, 0.25) is 5.15 Å². The fourth-order valence-corrected chi connectivity index (χ4v) is 1.63. The maximum atomic E-state index is 5.97. The van der Waals surface area contributed by atoms with E-state index in [1.54, 1.807) is 10.7 Å². The summed E-state index contributed by atoms with van der Waals surface area (Å²) in [5.41, 5.74) is 4.94. The molecule has 0 aliphatic carbocycles. The van der Waals surface area contributed by atoms with Gasteiger partial charge in [0.15, 0.2) is 11.0 Å². The Labute approximate surface area is 97.4 Å². The number of aromatic nitrogens is 4. The molecule has 3 N–H and O–H groups in total. The highest BCUT2D eigenvalue weighted by Gasteiger charge is 2.10. The quantitative estimate of drug-likeness (QED) is 0.607. The first-order chi connectivity index (χ1) is 7.61. The molecule has 16 heavy (non-hydrogen) atoms. The van der Waals surface area contributed by atoms with E-state index in [0.717, 1.165) is 11.4 Å². The lowest BCUT2D eigenvalue weighted by Gasteiger charge is -2.07. The summed E-state index contributed by atoms with van der Waals surface area (Å²) in [5.74, 6) is 5.70. The van der Waals surface area contributed by atoms with Gasteiger partial charge in [0, 0.05) is 11.8 Å². The predicted molar refractivity (Wildman–Crippen MR) is 61.4 cm³/mol. The normalized spacial score (nSPS) is 10.5. The summed E-state index contributed by atoms with van der Waals surface area (Å²) in [6, 6.07) is 3.64. The number of nitrogens with two attached hydrogens (primary N) is 1. The van der Waals surface area contributed by atoms with Gasteiger partial charge in [-0.05, 0) is 19.9 Å². The number of nitrogen functional groups attached to an aromatic ring is 1. The van der Waals surface area contributed by atoms with Crippen LogP contribution in [0, 0.1) is 13.8 Å². The fourth-order valence-electron chi connectivity index (χ4n) is 1.46. The Bertz CT molecular complexity index is 521. The van der Waals surface area contributed by atoms with Crippen molar-refractivity contribution in [3.63, 3.8) is 0 Å². The molecule has 2 rings (SSSR count). The molecule has 7 heteroatoms. The molecule has 0 radical (unpaired) electrons. The van der Waals surface area contributed by atoms with Crippen LogP contribution in [0.3, 0.4) is 0 Å². The van der Waals surface area contributed by atoms with Crippen LogP contribution in [0.5, 0.6) is 0 Å². The van der Waals surface area contributed by atoms with Gasteiger partial charge in [-0.25, -0.2) is 10.5 Å². The number of aryl methyl sites for hydroxylation is 2. The first-order valence-electron chi connectivity index (χ1n) is 4.65. The Balaban J connectivity index is 2.58. The maximum Gasteiger partial charge on any atom is 0.177 e. The van der Waals surface area contributed by atoms with Gasteiger partial charge in [-0.2, -0.15) is 5.10 Å². The van der Waals surface area contributed by atoms with Crippen LogP contribution in [-0.2, 0) is 0 Å². The molecule has 0 fully saturated rings. The van der Waals surface area contributed by atoms with Gasteiger partial charge in [0.05, 0.1) is 5.69 Å². The first-order valence-corrected chi connectivity index (χ1v) is 5.03. The Kier molecular flexibility index (Phi) is 2.76. The zero-order valence-electron chi connectivity index (χ0n) is 8.90. The molecule has 0 unspecified atom stereocenters. The fraction of sp³-hybridized carbons (Fsp3) is 0.222. The highest BCUT2D eigenvalue weighted by Crippen LogP contribution is 2.20. The molecule has 0 aliphatic heterocycles. The SMILES string of the molecule is Cc1cc(C)n(-c2cc(NN)nnc2Cl)n1. The van der Waals surface area contributed by atoms with E-state index in [2.05, 4.69) is 20.7 Å². The number of nitrogens with zero attached hydrogens (tertiary/aromatic N) is 4. The molecule has 2 heterocycles. The lowest BCUT2D eigenvalue weighted by molar-refractivity contribution is 0.820. The lowest BCUT2D eigenvalue weighted by Crippen LogP contribution is -2.11. The zero-order valence-corrected chi connectivity index (χ0v) is 9.65. The maximum absolute atomic E-state index is 5.97. The molecule has 6 nitrogen and oxygen atoms in total. The Hall–Kier alpha value is -1.66. The van der Waals surface area contributed by atoms with Gasteiger partial charge in [-0.1, -0.05) is 11.6 Å². The summed E-state index contributed by atoms with van der Waals surface area (Å²) < 4.78 is 1.70. The number of rotatable bonds is 2. The summed E-state index contributed by atoms with van der Waals surface area (Å²) >= 11 is 5.97. The van der Waals surface area contributed by atoms with Crippen molar-refractivity contribution in [1.29, 1.82) is 0 Å². The molecule has 84 valence electrons. The molecule has 0 saturated carbocycles. The molecule has 0 aliphatic rings. The van der Waals surface area contributed by atoms with E-state index in [9.17, 15) is 0 Å². The molecule has 2 aromatic rings. The second-order valence-corrected chi connectivity index (χ2v) is 3.75. The van der Waals surface area contributed by atoms with E-state index in [1.165, 1.54) is 0 Å². The summed E-state index contributed by atoms with van der Waals surface area (Å²) in [7, 11) is 0. The van der Waals surface area contributed by atoms with Gasteiger partial charge >= 0.3 is 0 Å². The first kappa shape index (κ1) is 10.8. The molecule has 0 atom stereocenters. The third kappa shape index (κ3) is 1.84. The highest BCUT2D eigenvalue weighted by atomic mass is 35.5. The van der Waals surface area contributed by atoms with Crippen molar-refractivity contribution in [2.24, 2.45) is 5.84 Å². The van der Waals surface area contributed by atoms with E-state index in [0.29, 0.717) is 11.5 Å².